The zero-order valence-corrected chi connectivity index (χ0v) is 19.1. The monoisotopic (exact) mass is 472 g/mol. The first-order chi connectivity index (χ1) is 17.7. The van der Waals surface area contributed by atoms with Gasteiger partial charge in [0.05, 0.1) is 28.1 Å². The number of fused-ring (bicyclic) bond motifs is 2. The number of rotatable bonds is 5. The molecule has 1 aliphatic rings. The normalized spacial score (nSPS) is 12.2. The molecular weight excluding hydrogens is 452 g/mol. The van der Waals surface area contributed by atoms with Crippen LogP contribution in [0.2, 0.25) is 0 Å². The van der Waals surface area contributed by atoms with Gasteiger partial charge in [0.25, 0.3) is 5.91 Å². The van der Waals surface area contributed by atoms with Gasteiger partial charge in [-0.1, -0.05) is 36.4 Å². The highest BCUT2D eigenvalue weighted by Crippen LogP contribution is 2.36. The van der Waals surface area contributed by atoms with E-state index in [0.29, 0.717) is 34.1 Å². The van der Waals surface area contributed by atoms with Crippen LogP contribution in [0.4, 0.5) is 17.1 Å². The Kier molecular flexibility index (Phi) is 5.56. The lowest BCUT2D eigenvalue weighted by Crippen LogP contribution is -2.13. The first-order valence-corrected chi connectivity index (χ1v) is 11.4. The third kappa shape index (κ3) is 4.37. The molecule has 5 aromatic rings. The van der Waals surface area contributed by atoms with Crippen LogP contribution in [0.25, 0.3) is 22.2 Å². The Hall–Kier alpha value is -5.04. The number of nitrogens with zero attached hydrogens (tertiary/aromatic N) is 3. The molecule has 36 heavy (non-hydrogen) atoms. The molecular formula is C29H20N4O3. The average molecular weight is 473 g/mol. The number of benzene rings is 4. The van der Waals surface area contributed by atoms with Gasteiger partial charge in [0.15, 0.2) is 11.5 Å². The van der Waals surface area contributed by atoms with Crippen LogP contribution in [0.1, 0.15) is 10.4 Å². The predicted octanol–water partition coefficient (Wildman–Crippen LogP) is 7.30. The number of nitrogens with one attached hydrogen (secondary N) is 1. The Bertz CT molecular complexity index is 1600. The summed E-state index contributed by atoms with van der Waals surface area (Å²) < 4.78 is 10.9. The van der Waals surface area contributed by atoms with Crippen LogP contribution in [0.3, 0.4) is 0 Å². The van der Waals surface area contributed by atoms with Crippen molar-refractivity contribution in [1.82, 2.24) is 4.98 Å². The number of carbonyl (C=O) groups excluding carboxylic acids is 1. The number of carbonyl (C=O) groups is 1. The maximum atomic E-state index is 13.4. The number of azo groups is 1. The molecule has 1 N–H and O–H groups in total. The lowest BCUT2D eigenvalue weighted by Gasteiger charge is -2.11. The highest BCUT2D eigenvalue weighted by Gasteiger charge is 2.17. The Morgan fingerprint density at radius 2 is 1.47 bits per heavy atom. The van der Waals surface area contributed by atoms with E-state index < -0.39 is 0 Å². The fourth-order valence-electron chi connectivity index (χ4n) is 3.99. The Balaban J connectivity index is 1.28. The van der Waals surface area contributed by atoms with Gasteiger partial charge in [-0.05, 0) is 66.7 Å². The number of anilines is 1. The van der Waals surface area contributed by atoms with E-state index >= 15 is 0 Å². The summed E-state index contributed by atoms with van der Waals surface area (Å²) in [5.74, 6) is 1.14. The lowest BCUT2D eigenvalue weighted by atomic mass is 10.0. The quantitative estimate of drug-likeness (QED) is 0.272. The van der Waals surface area contributed by atoms with Crippen molar-refractivity contribution in [2.24, 2.45) is 10.2 Å². The van der Waals surface area contributed by atoms with Crippen LogP contribution in [0.15, 0.2) is 113 Å². The molecule has 0 unspecified atom stereocenters. The van der Waals surface area contributed by atoms with Crippen LogP contribution in [0, 0.1) is 0 Å². The molecule has 174 valence electrons. The third-order valence-electron chi connectivity index (χ3n) is 5.79. The van der Waals surface area contributed by atoms with Gasteiger partial charge in [0, 0.05) is 16.6 Å². The Morgan fingerprint density at radius 1 is 0.750 bits per heavy atom. The van der Waals surface area contributed by atoms with E-state index in [9.17, 15) is 4.79 Å². The molecule has 0 atom stereocenters. The minimum absolute atomic E-state index is 0.198. The molecule has 0 radical (unpaired) electrons. The SMILES string of the molecule is O=C(Nc1ccc(N=Nc2ccccc2)cc1)c1cc(-c2ccc3c(c2)OCO3)nc2ccccc12. The molecule has 2 heterocycles. The summed E-state index contributed by atoms with van der Waals surface area (Å²) in [6.45, 7) is 0.198. The summed E-state index contributed by atoms with van der Waals surface area (Å²) in [6, 6.07) is 31.8. The maximum Gasteiger partial charge on any atom is 0.256 e. The van der Waals surface area contributed by atoms with Crippen molar-refractivity contribution < 1.29 is 14.3 Å². The first-order valence-electron chi connectivity index (χ1n) is 11.4. The second-order valence-electron chi connectivity index (χ2n) is 8.18. The van der Waals surface area contributed by atoms with Crippen molar-refractivity contribution in [1.29, 1.82) is 0 Å². The number of hydrogen-bond donors (Lipinski definition) is 1. The zero-order valence-electron chi connectivity index (χ0n) is 19.1. The molecule has 0 fully saturated rings. The minimum Gasteiger partial charge on any atom is -0.454 e. The van der Waals surface area contributed by atoms with Crippen LogP contribution in [-0.2, 0) is 0 Å². The van der Waals surface area contributed by atoms with Gasteiger partial charge in [-0.25, -0.2) is 4.98 Å². The van der Waals surface area contributed by atoms with Crippen molar-refractivity contribution in [2.75, 3.05) is 12.1 Å². The van der Waals surface area contributed by atoms with E-state index in [1.165, 1.54) is 0 Å². The molecule has 7 nitrogen and oxygen atoms in total. The first kappa shape index (κ1) is 21.5. The Labute approximate surface area is 207 Å². The largest absolute Gasteiger partial charge is 0.454 e. The smallest absolute Gasteiger partial charge is 0.256 e. The molecule has 1 amide bonds. The van der Waals surface area contributed by atoms with Gasteiger partial charge in [0.1, 0.15) is 0 Å². The van der Waals surface area contributed by atoms with Gasteiger partial charge in [-0.3, -0.25) is 4.79 Å². The molecule has 0 saturated heterocycles. The minimum atomic E-state index is -0.228. The molecule has 1 aromatic heterocycles. The van der Waals surface area contributed by atoms with E-state index in [1.54, 1.807) is 18.2 Å². The number of hydrogen-bond acceptors (Lipinski definition) is 6. The highest BCUT2D eigenvalue weighted by atomic mass is 16.7. The molecule has 7 heteroatoms. The second kappa shape index (κ2) is 9.31. The molecule has 0 aliphatic carbocycles. The fraction of sp³-hybridized carbons (Fsp3) is 0.0345. The molecule has 0 spiro atoms. The number of para-hydroxylation sites is 1. The van der Waals surface area contributed by atoms with Crippen molar-refractivity contribution >= 4 is 33.9 Å². The summed E-state index contributed by atoms with van der Waals surface area (Å²) in [7, 11) is 0. The van der Waals surface area contributed by atoms with Gasteiger partial charge in [-0.2, -0.15) is 10.2 Å². The van der Waals surface area contributed by atoms with Gasteiger partial charge in [-0.15, -0.1) is 0 Å². The zero-order chi connectivity index (χ0) is 24.3. The molecule has 0 bridgehead atoms. The van der Waals surface area contributed by atoms with Gasteiger partial charge < -0.3 is 14.8 Å². The topological polar surface area (TPSA) is 85.2 Å². The van der Waals surface area contributed by atoms with Crippen molar-refractivity contribution in [3.63, 3.8) is 0 Å². The fourth-order valence-corrected chi connectivity index (χ4v) is 3.99. The summed E-state index contributed by atoms with van der Waals surface area (Å²) in [4.78, 5) is 18.1. The average Bonchev–Trinajstić information content (AvgIpc) is 3.41. The van der Waals surface area contributed by atoms with E-state index in [2.05, 4.69) is 15.5 Å². The summed E-state index contributed by atoms with van der Waals surface area (Å²) in [5, 5.41) is 12.2. The van der Waals surface area contributed by atoms with Crippen LogP contribution in [0.5, 0.6) is 11.5 Å². The van der Waals surface area contributed by atoms with E-state index in [-0.39, 0.29) is 12.7 Å². The maximum absolute atomic E-state index is 13.4. The van der Waals surface area contributed by atoms with Gasteiger partial charge in [0.2, 0.25) is 6.79 Å². The van der Waals surface area contributed by atoms with Crippen LogP contribution >= 0.6 is 0 Å². The van der Waals surface area contributed by atoms with Crippen molar-refractivity contribution in [2.45, 2.75) is 0 Å². The molecule has 1 aliphatic heterocycles. The van der Waals surface area contributed by atoms with E-state index in [4.69, 9.17) is 14.5 Å². The van der Waals surface area contributed by atoms with Crippen molar-refractivity contribution in [3.05, 3.63) is 109 Å². The predicted molar refractivity (Wildman–Crippen MR) is 138 cm³/mol. The molecule has 6 rings (SSSR count). The van der Waals surface area contributed by atoms with E-state index in [0.717, 1.165) is 22.2 Å². The van der Waals surface area contributed by atoms with Crippen molar-refractivity contribution in [3.8, 4) is 22.8 Å². The molecule has 0 saturated carbocycles. The second-order valence-corrected chi connectivity index (χ2v) is 8.18. The van der Waals surface area contributed by atoms with E-state index in [1.807, 2.05) is 84.9 Å². The van der Waals surface area contributed by atoms with Crippen LogP contribution < -0.4 is 14.8 Å². The standard InChI is InChI=1S/C29H20N4O3/c34-29(30-20-11-13-22(14-12-20)33-32-21-6-2-1-3-7-21)24-17-26(31-25-9-5-4-8-23(24)25)19-10-15-27-28(16-19)36-18-35-27/h1-17H,18H2,(H,30,34). The number of pyridine rings is 1. The lowest BCUT2D eigenvalue weighted by molar-refractivity contribution is 0.102. The third-order valence-corrected chi connectivity index (χ3v) is 5.79. The highest BCUT2D eigenvalue weighted by molar-refractivity contribution is 6.13. The number of ether oxygens (including phenoxy) is 2. The summed E-state index contributed by atoms with van der Waals surface area (Å²) in [6.07, 6.45) is 0. The van der Waals surface area contributed by atoms with Crippen LogP contribution in [-0.4, -0.2) is 17.7 Å². The summed E-state index contributed by atoms with van der Waals surface area (Å²) >= 11 is 0. The number of aromatic nitrogens is 1. The van der Waals surface area contributed by atoms with Gasteiger partial charge >= 0.3 is 0 Å². The Morgan fingerprint density at radius 3 is 2.31 bits per heavy atom. The number of amides is 1. The molecule has 4 aromatic carbocycles. The summed E-state index contributed by atoms with van der Waals surface area (Å²) in [5.41, 5.74) is 4.90.